The van der Waals surface area contributed by atoms with Crippen LogP contribution >= 0.6 is 7.14 Å². The molecule has 152 valence electrons. The predicted octanol–water partition coefficient (Wildman–Crippen LogP) is 6.70. The third kappa shape index (κ3) is 3.99. The first-order valence-electron chi connectivity index (χ1n) is 10.7. The van der Waals surface area contributed by atoms with Crippen LogP contribution in [0.15, 0.2) is 72.8 Å². The molecule has 0 aliphatic carbocycles. The van der Waals surface area contributed by atoms with Gasteiger partial charge >= 0.3 is 0 Å². The predicted molar refractivity (Wildman–Crippen MR) is 128 cm³/mol. The van der Waals surface area contributed by atoms with Gasteiger partial charge in [0, 0.05) is 15.9 Å². The van der Waals surface area contributed by atoms with E-state index < -0.39 is 7.14 Å². The minimum Gasteiger partial charge on any atom is -0.309 e. The molecular weight excluding hydrogens is 371 g/mol. The van der Waals surface area contributed by atoms with Crippen molar-refractivity contribution in [2.75, 3.05) is 0 Å². The molecule has 3 rings (SSSR count). The van der Waals surface area contributed by atoms with Gasteiger partial charge in [0.25, 0.3) is 0 Å². The number of hydrogen-bond acceptors (Lipinski definition) is 1. The van der Waals surface area contributed by atoms with Crippen molar-refractivity contribution in [2.24, 2.45) is 0 Å². The molecule has 3 aromatic rings. The third-order valence-corrected chi connectivity index (χ3v) is 8.95. The van der Waals surface area contributed by atoms with E-state index in [0.29, 0.717) is 17.8 Å². The number of hydrogen-bond donors (Lipinski definition) is 0. The van der Waals surface area contributed by atoms with Crippen LogP contribution in [0.25, 0.3) is 0 Å². The second-order valence-electron chi connectivity index (χ2n) is 8.75. The first-order valence-corrected chi connectivity index (χ1v) is 12.4. The molecule has 0 spiro atoms. The van der Waals surface area contributed by atoms with E-state index in [9.17, 15) is 0 Å². The van der Waals surface area contributed by atoms with Crippen LogP contribution in [0.3, 0.4) is 0 Å². The van der Waals surface area contributed by atoms with E-state index in [0.717, 1.165) is 15.9 Å². The van der Waals surface area contributed by atoms with Crippen molar-refractivity contribution in [1.29, 1.82) is 0 Å². The van der Waals surface area contributed by atoms with Gasteiger partial charge in [0.2, 0.25) is 0 Å². The van der Waals surface area contributed by atoms with Crippen molar-refractivity contribution in [3.05, 3.63) is 89.5 Å². The molecule has 0 amide bonds. The van der Waals surface area contributed by atoms with Crippen LogP contribution in [0.4, 0.5) is 0 Å². The smallest absolute Gasteiger partial charge is 0.171 e. The minimum absolute atomic E-state index is 0.303. The molecule has 0 aliphatic rings. The van der Waals surface area contributed by atoms with Crippen LogP contribution in [0.1, 0.15) is 76.0 Å². The standard InChI is InChI=1S/C27H33OP/c1-19(2)22-13-7-10-16-25(22)29(28,26-17-11-8-14-23(26)20(3)4)27-18-12-9-15-24(27)21(5)6/h7-21H,1-6H3. The Morgan fingerprint density at radius 3 is 0.966 bits per heavy atom. The van der Waals surface area contributed by atoms with E-state index in [2.05, 4.69) is 96.1 Å². The Morgan fingerprint density at radius 2 is 0.724 bits per heavy atom. The lowest BCUT2D eigenvalue weighted by atomic mass is 10.0. The van der Waals surface area contributed by atoms with Gasteiger partial charge in [-0.15, -0.1) is 0 Å². The average Bonchev–Trinajstić information content (AvgIpc) is 2.73. The molecule has 0 saturated heterocycles. The van der Waals surface area contributed by atoms with Crippen molar-refractivity contribution in [1.82, 2.24) is 0 Å². The molecule has 0 fully saturated rings. The highest BCUT2D eigenvalue weighted by molar-refractivity contribution is 7.85. The Labute approximate surface area is 176 Å². The van der Waals surface area contributed by atoms with E-state index in [4.69, 9.17) is 0 Å². The molecule has 2 heteroatoms. The van der Waals surface area contributed by atoms with Gasteiger partial charge in [0.05, 0.1) is 0 Å². The van der Waals surface area contributed by atoms with Crippen LogP contribution < -0.4 is 15.9 Å². The lowest BCUT2D eigenvalue weighted by molar-refractivity contribution is 0.591. The minimum atomic E-state index is -3.05. The van der Waals surface area contributed by atoms with Gasteiger partial charge in [0.15, 0.2) is 7.14 Å². The zero-order chi connectivity index (χ0) is 21.2. The summed E-state index contributed by atoms with van der Waals surface area (Å²) in [6, 6.07) is 25.0. The fourth-order valence-corrected chi connectivity index (χ4v) is 7.93. The van der Waals surface area contributed by atoms with E-state index >= 15 is 4.57 Å². The number of benzene rings is 3. The maximum absolute atomic E-state index is 15.4. The zero-order valence-electron chi connectivity index (χ0n) is 18.5. The Bertz CT molecular complexity index is 898. The highest BCUT2D eigenvalue weighted by atomic mass is 31.2. The fourth-order valence-electron chi connectivity index (χ4n) is 4.18. The summed E-state index contributed by atoms with van der Waals surface area (Å²) in [4.78, 5) is 0. The van der Waals surface area contributed by atoms with Crippen molar-refractivity contribution in [3.63, 3.8) is 0 Å². The molecule has 0 aromatic heterocycles. The molecule has 0 bridgehead atoms. The molecule has 29 heavy (non-hydrogen) atoms. The summed E-state index contributed by atoms with van der Waals surface area (Å²) in [5.74, 6) is 0.908. The highest BCUT2D eigenvalue weighted by Crippen LogP contribution is 2.47. The highest BCUT2D eigenvalue weighted by Gasteiger charge is 2.36. The summed E-state index contributed by atoms with van der Waals surface area (Å²) in [5.41, 5.74) is 3.52. The Hall–Kier alpha value is -2.11. The normalized spacial score (nSPS) is 12.2. The fraction of sp³-hybridized carbons (Fsp3) is 0.333. The molecule has 0 aliphatic heterocycles. The first-order chi connectivity index (χ1) is 13.8. The van der Waals surface area contributed by atoms with Crippen molar-refractivity contribution in [3.8, 4) is 0 Å². The molecular formula is C27H33OP. The molecule has 0 heterocycles. The van der Waals surface area contributed by atoms with Crippen LogP contribution in [-0.4, -0.2) is 0 Å². The lowest BCUT2D eigenvalue weighted by Gasteiger charge is -2.29. The van der Waals surface area contributed by atoms with Gasteiger partial charge in [-0.25, -0.2) is 0 Å². The monoisotopic (exact) mass is 404 g/mol. The second kappa shape index (κ2) is 8.72. The van der Waals surface area contributed by atoms with Gasteiger partial charge < -0.3 is 4.57 Å². The van der Waals surface area contributed by atoms with E-state index in [-0.39, 0.29) is 0 Å². The van der Waals surface area contributed by atoms with E-state index in [1.807, 2.05) is 18.2 Å². The van der Waals surface area contributed by atoms with Gasteiger partial charge in [-0.05, 0) is 34.4 Å². The quantitative estimate of drug-likeness (QED) is 0.418. The molecule has 0 atom stereocenters. The summed E-state index contributed by atoms with van der Waals surface area (Å²) < 4.78 is 15.4. The largest absolute Gasteiger partial charge is 0.309 e. The summed E-state index contributed by atoms with van der Waals surface area (Å²) in [7, 11) is -3.05. The summed E-state index contributed by atoms with van der Waals surface area (Å²) in [6.07, 6.45) is 0. The Kier molecular flexibility index (Phi) is 6.49. The SMILES string of the molecule is CC(C)c1ccccc1P(=O)(c1ccccc1C(C)C)c1ccccc1C(C)C. The summed E-state index contributed by atoms with van der Waals surface area (Å²) in [6.45, 7) is 13.1. The van der Waals surface area contributed by atoms with Crippen LogP contribution in [0.2, 0.25) is 0 Å². The maximum atomic E-state index is 15.4. The van der Waals surface area contributed by atoms with Gasteiger partial charge in [-0.1, -0.05) is 114 Å². The van der Waals surface area contributed by atoms with Crippen molar-refractivity contribution < 1.29 is 4.57 Å². The lowest BCUT2D eigenvalue weighted by Crippen LogP contribution is -2.32. The van der Waals surface area contributed by atoms with Gasteiger partial charge in [0.1, 0.15) is 0 Å². The third-order valence-electron chi connectivity index (χ3n) is 5.69. The average molecular weight is 405 g/mol. The second-order valence-corrected chi connectivity index (χ2v) is 11.4. The van der Waals surface area contributed by atoms with Crippen molar-refractivity contribution >= 4 is 23.1 Å². The molecule has 1 nitrogen and oxygen atoms in total. The molecule has 0 N–H and O–H groups in total. The van der Waals surface area contributed by atoms with E-state index in [1.54, 1.807) is 0 Å². The van der Waals surface area contributed by atoms with Crippen LogP contribution in [0, 0.1) is 0 Å². The Morgan fingerprint density at radius 1 is 0.483 bits per heavy atom. The van der Waals surface area contributed by atoms with Crippen LogP contribution in [0.5, 0.6) is 0 Å². The first kappa shape index (κ1) is 21.6. The van der Waals surface area contributed by atoms with Crippen molar-refractivity contribution in [2.45, 2.75) is 59.3 Å². The molecule has 0 unspecified atom stereocenters. The van der Waals surface area contributed by atoms with Gasteiger partial charge in [-0.2, -0.15) is 0 Å². The summed E-state index contributed by atoms with van der Waals surface area (Å²) in [5, 5.41) is 2.95. The number of rotatable bonds is 6. The Balaban J connectivity index is 2.48. The zero-order valence-corrected chi connectivity index (χ0v) is 19.4. The van der Waals surface area contributed by atoms with E-state index in [1.165, 1.54) is 16.7 Å². The maximum Gasteiger partial charge on any atom is 0.171 e. The van der Waals surface area contributed by atoms with Gasteiger partial charge in [-0.3, -0.25) is 0 Å². The molecule has 3 aromatic carbocycles. The van der Waals surface area contributed by atoms with Crippen LogP contribution in [-0.2, 0) is 4.57 Å². The molecule has 0 radical (unpaired) electrons. The molecule has 0 saturated carbocycles. The topological polar surface area (TPSA) is 17.1 Å². The summed E-state index contributed by atoms with van der Waals surface area (Å²) >= 11 is 0.